The van der Waals surface area contributed by atoms with E-state index < -0.39 is 5.91 Å². The van der Waals surface area contributed by atoms with Gasteiger partial charge in [0, 0.05) is 0 Å². The van der Waals surface area contributed by atoms with Crippen molar-refractivity contribution in [1.82, 2.24) is 5.43 Å². The van der Waals surface area contributed by atoms with Crippen LogP contribution in [0.25, 0.3) is 0 Å². The van der Waals surface area contributed by atoms with Gasteiger partial charge in [-0.05, 0) is 37.1 Å². The van der Waals surface area contributed by atoms with Gasteiger partial charge in [-0.25, -0.2) is 5.43 Å². The summed E-state index contributed by atoms with van der Waals surface area (Å²) in [7, 11) is 0. The molecule has 0 saturated heterocycles. The zero-order chi connectivity index (χ0) is 14.5. The highest BCUT2D eigenvalue weighted by molar-refractivity contribution is 5.97. The lowest BCUT2D eigenvalue weighted by Gasteiger charge is -2.03. The SMILES string of the molecule is Cc1ccc(C)c(C=NNC(=O)c2ccccc2O)c1. The van der Waals surface area contributed by atoms with E-state index in [1.165, 1.54) is 12.1 Å². The van der Waals surface area contributed by atoms with Crippen molar-refractivity contribution in [3.8, 4) is 5.75 Å². The van der Waals surface area contributed by atoms with Gasteiger partial charge in [-0.1, -0.05) is 35.9 Å². The summed E-state index contributed by atoms with van der Waals surface area (Å²) in [5, 5.41) is 13.5. The minimum absolute atomic E-state index is 0.0630. The first-order chi connectivity index (χ1) is 9.58. The van der Waals surface area contributed by atoms with Crippen molar-refractivity contribution in [3.63, 3.8) is 0 Å². The Morgan fingerprint density at radius 3 is 2.70 bits per heavy atom. The lowest BCUT2D eigenvalue weighted by atomic mass is 10.1. The van der Waals surface area contributed by atoms with Crippen LogP contribution in [0.4, 0.5) is 0 Å². The number of phenolic OH excluding ortho intramolecular Hbond substituents is 1. The summed E-state index contributed by atoms with van der Waals surface area (Å²) in [6.07, 6.45) is 1.60. The van der Waals surface area contributed by atoms with Gasteiger partial charge in [0.2, 0.25) is 0 Å². The summed E-state index contributed by atoms with van der Waals surface area (Å²) in [6.45, 7) is 3.98. The molecule has 0 aliphatic heterocycles. The molecule has 0 aromatic heterocycles. The molecule has 0 radical (unpaired) electrons. The first-order valence-corrected chi connectivity index (χ1v) is 6.26. The highest BCUT2D eigenvalue weighted by atomic mass is 16.3. The number of carbonyl (C=O) groups excluding carboxylic acids is 1. The summed E-state index contributed by atoms with van der Waals surface area (Å²) >= 11 is 0. The number of nitrogens with zero attached hydrogens (tertiary/aromatic N) is 1. The van der Waals surface area contributed by atoms with Gasteiger partial charge in [0.1, 0.15) is 5.75 Å². The van der Waals surface area contributed by atoms with Crippen molar-refractivity contribution >= 4 is 12.1 Å². The Bertz CT molecular complexity index is 663. The van der Waals surface area contributed by atoms with Gasteiger partial charge in [-0.3, -0.25) is 4.79 Å². The first kappa shape index (κ1) is 13.8. The van der Waals surface area contributed by atoms with Gasteiger partial charge in [-0.2, -0.15) is 5.10 Å². The molecule has 0 saturated carbocycles. The maximum atomic E-state index is 11.8. The van der Waals surface area contributed by atoms with E-state index in [0.29, 0.717) is 0 Å². The molecule has 102 valence electrons. The normalized spacial score (nSPS) is 10.7. The predicted octanol–water partition coefficient (Wildman–Crippen LogP) is 2.77. The number of aromatic hydroxyl groups is 1. The Labute approximate surface area is 117 Å². The Hall–Kier alpha value is -2.62. The number of hydrogen-bond acceptors (Lipinski definition) is 3. The van der Waals surface area contributed by atoms with Crippen molar-refractivity contribution in [3.05, 3.63) is 64.7 Å². The molecule has 2 aromatic rings. The number of hydrazone groups is 1. The van der Waals surface area contributed by atoms with Gasteiger partial charge < -0.3 is 5.11 Å². The second kappa shape index (κ2) is 6.02. The Morgan fingerprint density at radius 1 is 1.20 bits per heavy atom. The molecule has 0 heterocycles. The number of rotatable bonds is 3. The molecule has 0 aliphatic carbocycles. The molecule has 0 bridgehead atoms. The van der Waals surface area contributed by atoms with Gasteiger partial charge in [0.25, 0.3) is 5.91 Å². The Balaban J connectivity index is 2.09. The van der Waals surface area contributed by atoms with Crippen molar-refractivity contribution in [2.75, 3.05) is 0 Å². The van der Waals surface area contributed by atoms with Crippen LogP contribution in [0.1, 0.15) is 27.0 Å². The fourth-order valence-corrected chi connectivity index (χ4v) is 1.79. The van der Waals surface area contributed by atoms with Gasteiger partial charge >= 0.3 is 0 Å². The number of phenols is 1. The zero-order valence-electron chi connectivity index (χ0n) is 11.4. The third-order valence-corrected chi connectivity index (χ3v) is 2.95. The van der Waals surface area contributed by atoms with Crippen LogP contribution in [0.15, 0.2) is 47.6 Å². The molecular formula is C16H16N2O2. The molecule has 2 rings (SSSR count). The topological polar surface area (TPSA) is 61.7 Å². The Morgan fingerprint density at radius 2 is 1.95 bits per heavy atom. The van der Waals surface area contributed by atoms with Crippen LogP contribution < -0.4 is 5.43 Å². The molecule has 0 fully saturated rings. The number of hydrogen-bond donors (Lipinski definition) is 2. The quantitative estimate of drug-likeness (QED) is 0.664. The fraction of sp³-hybridized carbons (Fsp3) is 0.125. The van der Waals surface area contributed by atoms with E-state index in [0.717, 1.165) is 16.7 Å². The van der Waals surface area contributed by atoms with Crippen LogP contribution in [0.3, 0.4) is 0 Å². The lowest BCUT2D eigenvalue weighted by Crippen LogP contribution is -2.17. The summed E-state index contributed by atoms with van der Waals surface area (Å²) in [5.41, 5.74) is 5.76. The van der Waals surface area contributed by atoms with Crippen molar-refractivity contribution < 1.29 is 9.90 Å². The second-order valence-electron chi connectivity index (χ2n) is 4.58. The number of aryl methyl sites for hydroxylation is 2. The van der Waals surface area contributed by atoms with Crippen LogP contribution in [-0.2, 0) is 0 Å². The van der Waals surface area contributed by atoms with Crippen LogP contribution in [0, 0.1) is 13.8 Å². The standard InChI is InChI=1S/C16H16N2O2/c1-11-7-8-12(2)13(9-11)10-17-18-16(20)14-5-3-4-6-15(14)19/h3-10,19H,1-2H3,(H,18,20). The maximum Gasteiger partial charge on any atom is 0.275 e. The maximum absolute atomic E-state index is 11.8. The molecule has 0 unspecified atom stereocenters. The van der Waals surface area contributed by atoms with E-state index in [-0.39, 0.29) is 11.3 Å². The number of nitrogens with one attached hydrogen (secondary N) is 1. The number of para-hydroxylation sites is 1. The fourth-order valence-electron chi connectivity index (χ4n) is 1.79. The average Bonchev–Trinajstić information content (AvgIpc) is 2.43. The number of benzene rings is 2. The minimum Gasteiger partial charge on any atom is -0.507 e. The predicted molar refractivity (Wildman–Crippen MR) is 79.1 cm³/mol. The average molecular weight is 268 g/mol. The monoisotopic (exact) mass is 268 g/mol. The third-order valence-electron chi connectivity index (χ3n) is 2.95. The number of amides is 1. The zero-order valence-corrected chi connectivity index (χ0v) is 11.4. The summed E-state index contributed by atoms with van der Waals surface area (Å²) in [4.78, 5) is 11.8. The molecule has 0 atom stereocenters. The van der Waals surface area contributed by atoms with Crippen molar-refractivity contribution in [1.29, 1.82) is 0 Å². The molecular weight excluding hydrogens is 252 g/mol. The molecule has 2 N–H and O–H groups in total. The molecule has 4 nitrogen and oxygen atoms in total. The van der Waals surface area contributed by atoms with Crippen molar-refractivity contribution in [2.24, 2.45) is 5.10 Å². The van der Waals surface area contributed by atoms with Gasteiger partial charge in [0.05, 0.1) is 11.8 Å². The molecule has 0 aliphatic rings. The van der Waals surface area contributed by atoms with Crippen LogP contribution in [-0.4, -0.2) is 17.2 Å². The molecule has 1 amide bonds. The number of carbonyl (C=O) groups is 1. The highest BCUT2D eigenvalue weighted by Crippen LogP contribution is 2.15. The van der Waals surface area contributed by atoms with Gasteiger partial charge in [0.15, 0.2) is 0 Å². The third kappa shape index (κ3) is 3.23. The lowest BCUT2D eigenvalue weighted by molar-refractivity contribution is 0.0952. The summed E-state index contributed by atoms with van der Waals surface area (Å²) in [5.74, 6) is -0.503. The van der Waals surface area contributed by atoms with E-state index in [9.17, 15) is 9.90 Å². The van der Waals surface area contributed by atoms with E-state index in [4.69, 9.17) is 0 Å². The largest absolute Gasteiger partial charge is 0.507 e. The molecule has 2 aromatic carbocycles. The van der Waals surface area contributed by atoms with Crippen LogP contribution in [0.2, 0.25) is 0 Å². The second-order valence-corrected chi connectivity index (χ2v) is 4.58. The van der Waals surface area contributed by atoms with Crippen LogP contribution in [0.5, 0.6) is 5.75 Å². The molecule has 20 heavy (non-hydrogen) atoms. The minimum atomic E-state index is -0.440. The van der Waals surface area contributed by atoms with E-state index in [2.05, 4.69) is 10.5 Å². The summed E-state index contributed by atoms with van der Waals surface area (Å²) in [6, 6.07) is 12.4. The molecule has 4 heteroatoms. The molecule has 0 spiro atoms. The van der Waals surface area contributed by atoms with Crippen LogP contribution >= 0.6 is 0 Å². The highest BCUT2D eigenvalue weighted by Gasteiger charge is 2.08. The summed E-state index contributed by atoms with van der Waals surface area (Å²) < 4.78 is 0. The Kier molecular flexibility index (Phi) is 4.15. The van der Waals surface area contributed by atoms with E-state index >= 15 is 0 Å². The smallest absolute Gasteiger partial charge is 0.275 e. The van der Waals surface area contributed by atoms with E-state index in [1.807, 2.05) is 32.0 Å². The first-order valence-electron chi connectivity index (χ1n) is 6.26. The van der Waals surface area contributed by atoms with E-state index in [1.54, 1.807) is 18.3 Å². The van der Waals surface area contributed by atoms with Gasteiger partial charge in [-0.15, -0.1) is 0 Å². The van der Waals surface area contributed by atoms with Crippen molar-refractivity contribution in [2.45, 2.75) is 13.8 Å².